The molecule has 1 aliphatic rings. The Kier molecular flexibility index (Phi) is 10.5. The average Bonchev–Trinajstić information content (AvgIpc) is 2.78. The number of guanidine groups is 1. The van der Waals surface area contributed by atoms with Gasteiger partial charge in [-0.1, -0.05) is 0 Å². The SMILES string of the molecule is CCNC(=NCCCS(C)(=O)=O)NC1CCN(CC(F)(F)F)C1.I. The third-order valence-electron chi connectivity index (χ3n) is 3.30. The van der Waals surface area contributed by atoms with Crippen molar-refractivity contribution in [3.05, 3.63) is 0 Å². The number of alkyl halides is 3. The molecule has 0 aromatic heterocycles. The largest absolute Gasteiger partial charge is 0.401 e. The topological polar surface area (TPSA) is 73.8 Å². The van der Waals surface area contributed by atoms with Gasteiger partial charge < -0.3 is 10.6 Å². The Bertz CT molecular complexity index is 500. The van der Waals surface area contributed by atoms with Gasteiger partial charge in [0.1, 0.15) is 9.84 Å². The lowest BCUT2D eigenvalue weighted by Gasteiger charge is -2.19. The second-order valence-corrected chi connectivity index (χ2v) is 7.98. The molecule has 0 radical (unpaired) electrons. The van der Waals surface area contributed by atoms with Gasteiger partial charge in [-0.2, -0.15) is 13.2 Å². The van der Waals surface area contributed by atoms with Crippen LogP contribution < -0.4 is 10.6 Å². The van der Waals surface area contributed by atoms with E-state index in [1.54, 1.807) is 0 Å². The number of hydrogen-bond donors (Lipinski definition) is 2. The molecule has 1 fully saturated rings. The van der Waals surface area contributed by atoms with Crippen LogP contribution in [-0.4, -0.2) is 76.2 Å². The first kappa shape index (κ1) is 23.7. The predicted octanol–water partition coefficient (Wildman–Crippen LogP) is 1.23. The predicted molar refractivity (Wildman–Crippen MR) is 99.8 cm³/mol. The lowest BCUT2D eigenvalue weighted by molar-refractivity contribution is -0.143. The summed E-state index contributed by atoms with van der Waals surface area (Å²) in [7, 11) is -3.00. The van der Waals surface area contributed by atoms with E-state index in [0.29, 0.717) is 45.0 Å². The van der Waals surface area contributed by atoms with Gasteiger partial charge in [0.15, 0.2) is 5.96 Å². The molecule has 0 aromatic rings. The summed E-state index contributed by atoms with van der Waals surface area (Å²) in [4.78, 5) is 5.63. The van der Waals surface area contributed by atoms with Gasteiger partial charge >= 0.3 is 6.18 Å². The first-order valence-electron chi connectivity index (χ1n) is 7.61. The summed E-state index contributed by atoms with van der Waals surface area (Å²) < 4.78 is 59.2. The Morgan fingerprint density at radius 2 is 2.04 bits per heavy atom. The van der Waals surface area contributed by atoms with E-state index in [9.17, 15) is 21.6 Å². The first-order chi connectivity index (χ1) is 10.6. The van der Waals surface area contributed by atoms with Gasteiger partial charge in [-0.05, 0) is 19.8 Å². The molecule has 1 saturated heterocycles. The number of nitrogens with one attached hydrogen (secondary N) is 2. The van der Waals surface area contributed by atoms with E-state index in [-0.39, 0.29) is 35.8 Å². The van der Waals surface area contributed by atoms with E-state index >= 15 is 0 Å². The quantitative estimate of drug-likeness (QED) is 0.245. The zero-order valence-corrected chi connectivity index (χ0v) is 17.0. The summed E-state index contributed by atoms with van der Waals surface area (Å²) in [6.45, 7) is 2.67. The molecule has 0 aromatic carbocycles. The van der Waals surface area contributed by atoms with Crippen LogP contribution in [0.25, 0.3) is 0 Å². The highest BCUT2D eigenvalue weighted by atomic mass is 127. The summed E-state index contributed by atoms with van der Waals surface area (Å²) >= 11 is 0. The molecule has 2 N–H and O–H groups in total. The van der Waals surface area contributed by atoms with Crippen LogP contribution in [0.2, 0.25) is 0 Å². The van der Waals surface area contributed by atoms with Crippen LogP contribution in [0, 0.1) is 0 Å². The lowest BCUT2D eigenvalue weighted by atomic mass is 10.3. The summed E-state index contributed by atoms with van der Waals surface area (Å²) in [5.74, 6) is 0.582. The van der Waals surface area contributed by atoms with Crippen molar-refractivity contribution in [3.63, 3.8) is 0 Å². The second kappa shape index (κ2) is 10.6. The molecule has 1 rings (SSSR count). The number of nitrogens with zero attached hydrogens (tertiary/aromatic N) is 2. The van der Waals surface area contributed by atoms with Crippen molar-refractivity contribution in [2.45, 2.75) is 32.0 Å². The molecule has 144 valence electrons. The Labute approximate surface area is 158 Å². The number of rotatable bonds is 7. The maximum absolute atomic E-state index is 12.4. The fourth-order valence-electron chi connectivity index (χ4n) is 2.38. The Hall–Kier alpha value is -0.300. The minimum Gasteiger partial charge on any atom is -0.357 e. The molecular weight excluding hydrogens is 460 g/mol. The molecule has 6 nitrogen and oxygen atoms in total. The molecule has 0 amide bonds. The Balaban J connectivity index is 0.00000529. The molecule has 1 unspecified atom stereocenters. The summed E-state index contributed by atoms with van der Waals surface area (Å²) in [6.07, 6.45) is -1.98. The van der Waals surface area contributed by atoms with E-state index in [4.69, 9.17) is 0 Å². The molecule has 1 heterocycles. The number of halogens is 4. The molecule has 0 spiro atoms. The van der Waals surface area contributed by atoms with Crippen LogP contribution >= 0.6 is 24.0 Å². The van der Waals surface area contributed by atoms with E-state index in [2.05, 4.69) is 15.6 Å². The zero-order chi connectivity index (χ0) is 17.5. The minimum atomic E-state index is -4.18. The van der Waals surface area contributed by atoms with Crippen LogP contribution in [0.15, 0.2) is 4.99 Å². The zero-order valence-electron chi connectivity index (χ0n) is 13.9. The van der Waals surface area contributed by atoms with Crippen molar-refractivity contribution in [2.24, 2.45) is 4.99 Å². The summed E-state index contributed by atoms with van der Waals surface area (Å²) in [5, 5.41) is 6.13. The smallest absolute Gasteiger partial charge is 0.357 e. The molecule has 0 bridgehead atoms. The number of likely N-dealkylation sites (tertiary alicyclic amines) is 1. The fraction of sp³-hybridized carbons (Fsp3) is 0.923. The minimum absolute atomic E-state index is 0. The first-order valence-corrected chi connectivity index (χ1v) is 9.67. The highest BCUT2D eigenvalue weighted by molar-refractivity contribution is 14.0. The van der Waals surface area contributed by atoms with E-state index in [1.165, 1.54) is 11.2 Å². The standard InChI is InChI=1S/C13H25F3N4O2S.HI/c1-3-17-12(18-6-4-8-23(2,21)22)19-11-5-7-20(9-11)10-13(14,15)16;/h11H,3-10H2,1-2H3,(H2,17,18,19);1H. The van der Waals surface area contributed by atoms with Crippen LogP contribution in [0.1, 0.15) is 19.8 Å². The monoisotopic (exact) mass is 486 g/mol. The molecule has 0 aliphatic carbocycles. The summed E-state index contributed by atoms with van der Waals surface area (Å²) in [5.41, 5.74) is 0. The molecular formula is C13H26F3IN4O2S. The van der Waals surface area contributed by atoms with Crippen LogP contribution in [0.4, 0.5) is 13.2 Å². The van der Waals surface area contributed by atoms with Crippen molar-refractivity contribution in [1.82, 2.24) is 15.5 Å². The fourth-order valence-corrected chi connectivity index (χ4v) is 3.03. The highest BCUT2D eigenvalue weighted by Gasteiger charge is 2.34. The normalized spacial score (nSPS) is 19.9. The maximum Gasteiger partial charge on any atom is 0.401 e. The number of hydrogen-bond acceptors (Lipinski definition) is 4. The van der Waals surface area contributed by atoms with Gasteiger partial charge in [-0.3, -0.25) is 9.89 Å². The Morgan fingerprint density at radius 1 is 1.38 bits per heavy atom. The highest BCUT2D eigenvalue weighted by Crippen LogP contribution is 2.19. The van der Waals surface area contributed by atoms with Gasteiger partial charge in [0, 0.05) is 38.5 Å². The van der Waals surface area contributed by atoms with Crippen LogP contribution in [0.5, 0.6) is 0 Å². The molecule has 0 saturated carbocycles. The van der Waals surface area contributed by atoms with Gasteiger partial charge in [0.2, 0.25) is 0 Å². The van der Waals surface area contributed by atoms with Crippen molar-refractivity contribution in [1.29, 1.82) is 0 Å². The van der Waals surface area contributed by atoms with Crippen LogP contribution in [0.3, 0.4) is 0 Å². The molecule has 11 heteroatoms. The van der Waals surface area contributed by atoms with E-state index < -0.39 is 22.6 Å². The van der Waals surface area contributed by atoms with Gasteiger partial charge in [0.25, 0.3) is 0 Å². The summed E-state index contributed by atoms with van der Waals surface area (Å²) in [6, 6.07) is -0.0925. The third kappa shape index (κ3) is 11.3. The van der Waals surface area contributed by atoms with E-state index in [1.807, 2.05) is 6.92 Å². The molecule has 1 atom stereocenters. The van der Waals surface area contributed by atoms with Crippen molar-refractivity contribution >= 4 is 39.8 Å². The van der Waals surface area contributed by atoms with Gasteiger partial charge in [0.05, 0.1) is 12.3 Å². The molecule has 1 aliphatic heterocycles. The van der Waals surface area contributed by atoms with E-state index in [0.717, 1.165) is 0 Å². The maximum atomic E-state index is 12.4. The molecule has 24 heavy (non-hydrogen) atoms. The lowest BCUT2D eigenvalue weighted by Crippen LogP contribution is -2.45. The van der Waals surface area contributed by atoms with Crippen molar-refractivity contribution in [2.75, 3.05) is 44.7 Å². The van der Waals surface area contributed by atoms with Gasteiger partial charge in [-0.25, -0.2) is 8.42 Å². The van der Waals surface area contributed by atoms with Crippen molar-refractivity contribution < 1.29 is 21.6 Å². The second-order valence-electron chi connectivity index (χ2n) is 5.72. The third-order valence-corrected chi connectivity index (χ3v) is 4.33. The number of sulfone groups is 1. The van der Waals surface area contributed by atoms with Gasteiger partial charge in [-0.15, -0.1) is 24.0 Å². The van der Waals surface area contributed by atoms with Crippen molar-refractivity contribution in [3.8, 4) is 0 Å². The Morgan fingerprint density at radius 3 is 2.58 bits per heavy atom. The average molecular weight is 486 g/mol. The number of aliphatic imine (C=N–C) groups is 1. The van der Waals surface area contributed by atoms with Crippen LogP contribution in [-0.2, 0) is 9.84 Å².